The van der Waals surface area contributed by atoms with Crippen LogP contribution in [-0.4, -0.2) is 63.7 Å². The third-order valence-corrected chi connectivity index (χ3v) is 6.46. The van der Waals surface area contributed by atoms with Crippen molar-refractivity contribution >= 4 is 11.6 Å². The van der Waals surface area contributed by atoms with Gasteiger partial charge in [-0.15, -0.1) is 6.42 Å². The average molecular weight is 461 g/mol. The first-order valence-electron chi connectivity index (χ1n) is 10.3. The monoisotopic (exact) mass is 460 g/mol. The Hall–Kier alpha value is -2.15. The smallest absolute Gasteiger partial charge is 0.225 e. The van der Waals surface area contributed by atoms with E-state index in [0.29, 0.717) is 23.6 Å². The van der Waals surface area contributed by atoms with E-state index in [0.717, 1.165) is 16.9 Å². The Morgan fingerprint density at radius 3 is 2.56 bits per heavy atom. The number of aliphatic hydroxyl groups is 4. The van der Waals surface area contributed by atoms with Crippen LogP contribution in [0.3, 0.4) is 0 Å². The summed E-state index contributed by atoms with van der Waals surface area (Å²) in [4.78, 5) is 0. The number of fused-ring (bicyclic) bond motifs is 2. The lowest BCUT2D eigenvalue weighted by atomic mass is 9.80. The number of aliphatic hydroxyl groups excluding tert-OH is 4. The maximum Gasteiger partial charge on any atom is 0.225 e. The van der Waals surface area contributed by atoms with Gasteiger partial charge in [0.15, 0.2) is 5.60 Å². The molecular formula is C24H25ClO7. The predicted octanol–water partition coefficient (Wildman–Crippen LogP) is 1.36. The number of hydrogen-bond donors (Lipinski definition) is 4. The van der Waals surface area contributed by atoms with Crippen molar-refractivity contribution in [3.63, 3.8) is 0 Å². The molecule has 0 radical (unpaired) electrons. The molecule has 2 heterocycles. The first-order valence-corrected chi connectivity index (χ1v) is 10.7. The lowest BCUT2D eigenvalue weighted by molar-refractivity contribution is -0.334. The van der Waals surface area contributed by atoms with Crippen molar-refractivity contribution < 1.29 is 34.6 Å². The van der Waals surface area contributed by atoms with Gasteiger partial charge in [-0.25, -0.2) is 0 Å². The number of benzene rings is 2. The van der Waals surface area contributed by atoms with Gasteiger partial charge in [-0.05, 0) is 48.7 Å². The van der Waals surface area contributed by atoms with Gasteiger partial charge in [0.1, 0.15) is 30.2 Å². The van der Waals surface area contributed by atoms with E-state index in [4.69, 9.17) is 32.2 Å². The van der Waals surface area contributed by atoms with Crippen molar-refractivity contribution in [2.75, 3.05) is 13.2 Å². The molecule has 2 fully saturated rings. The predicted molar refractivity (Wildman–Crippen MR) is 116 cm³/mol. The van der Waals surface area contributed by atoms with Crippen LogP contribution >= 0.6 is 11.6 Å². The zero-order valence-corrected chi connectivity index (χ0v) is 18.2. The van der Waals surface area contributed by atoms with E-state index in [9.17, 15) is 20.4 Å². The molecule has 2 bridgehead atoms. The lowest BCUT2D eigenvalue weighted by Crippen LogP contribution is -2.67. The van der Waals surface area contributed by atoms with Gasteiger partial charge in [0.05, 0.1) is 13.2 Å². The average Bonchev–Trinajstić information content (AvgIpc) is 3.19. The van der Waals surface area contributed by atoms with E-state index in [1.54, 1.807) is 18.2 Å². The Morgan fingerprint density at radius 2 is 1.91 bits per heavy atom. The van der Waals surface area contributed by atoms with Crippen LogP contribution in [0.15, 0.2) is 42.5 Å². The molecular weight excluding hydrogens is 436 g/mol. The molecule has 2 aliphatic rings. The summed E-state index contributed by atoms with van der Waals surface area (Å²) in [5.74, 6) is 1.06. The molecule has 170 valence electrons. The van der Waals surface area contributed by atoms with Crippen molar-refractivity contribution in [2.45, 2.75) is 49.1 Å². The number of hydrogen-bond acceptors (Lipinski definition) is 7. The van der Waals surface area contributed by atoms with Crippen LogP contribution < -0.4 is 4.74 Å². The van der Waals surface area contributed by atoms with Crippen LogP contribution in [0.5, 0.6) is 5.75 Å². The highest BCUT2D eigenvalue weighted by Crippen LogP contribution is 2.51. The van der Waals surface area contributed by atoms with Crippen LogP contribution in [0.1, 0.15) is 23.6 Å². The van der Waals surface area contributed by atoms with Crippen LogP contribution in [-0.2, 0) is 21.7 Å². The first kappa shape index (κ1) is 23.0. The summed E-state index contributed by atoms with van der Waals surface area (Å²) < 4.78 is 17.2. The second-order valence-electron chi connectivity index (χ2n) is 8.02. The molecule has 0 aromatic heterocycles. The molecule has 4 N–H and O–H groups in total. The SMILES string of the molecule is C#CC(O)[C@]12CO[C@@](c3ccc(Cl)c(Cc4ccc(OCC)cc4)c3)(O1)[C@H](O)[C@@H](O)[C@@H]2O. The van der Waals surface area contributed by atoms with Crippen molar-refractivity contribution in [3.05, 3.63) is 64.2 Å². The van der Waals surface area contributed by atoms with E-state index < -0.39 is 35.8 Å². The molecule has 0 aliphatic carbocycles. The largest absolute Gasteiger partial charge is 0.494 e. The van der Waals surface area contributed by atoms with E-state index in [-0.39, 0.29) is 6.61 Å². The van der Waals surface area contributed by atoms with Gasteiger partial charge in [0.25, 0.3) is 0 Å². The quantitative estimate of drug-likeness (QED) is 0.482. The highest BCUT2D eigenvalue weighted by Gasteiger charge is 2.69. The minimum Gasteiger partial charge on any atom is -0.494 e. The Labute approximate surface area is 191 Å². The van der Waals surface area contributed by atoms with Gasteiger partial charge in [-0.1, -0.05) is 35.7 Å². The summed E-state index contributed by atoms with van der Waals surface area (Å²) >= 11 is 6.43. The van der Waals surface area contributed by atoms with Gasteiger partial charge >= 0.3 is 0 Å². The van der Waals surface area contributed by atoms with Gasteiger partial charge < -0.3 is 34.6 Å². The minimum atomic E-state index is -1.82. The van der Waals surface area contributed by atoms with Crippen LogP contribution in [0.4, 0.5) is 0 Å². The molecule has 7 nitrogen and oxygen atoms in total. The number of ether oxygens (including phenoxy) is 3. The van der Waals surface area contributed by atoms with Crippen LogP contribution in [0, 0.1) is 12.3 Å². The molecule has 8 heteroatoms. The van der Waals surface area contributed by atoms with Crippen molar-refractivity contribution in [3.8, 4) is 18.1 Å². The topological polar surface area (TPSA) is 109 Å². The zero-order chi connectivity index (χ0) is 23.1. The third kappa shape index (κ3) is 3.58. The molecule has 2 saturated heterocycles. The van der Waals surface area contributed by atoms with E-state index in [1.807, 2.05) is 31.2 Å². The van der Waals surface area contributed by atoms with Crippen molar-refractivity contribution in [1.82, 2.24) is 0 Å². The molecule has 2 aromatic rings. The second-order valence-corrected chi connectivity index (χ2v) is 8.43. The highest BCUT2D eigenvalue weighted by molar-refractivity contribution is 6.31. The van der Waals surface area contributed by atoms with Gasteiger partial charge in [-0.2, -0.15) is 0 Å². The normalized spacial score (nSPS) is 32.3. The molecule has 2 aromatic carbocycles. The van der Waals surface area contributed by atoms with Crippen LogP contribution in [0.25, 0.3) is 0 Å². The fourth-order valence-corrected chi connectivity index (χ4v) is 4.49. The summed E-state index contributed by atoms with van der Waals surface area (Å²) in [7, 11) is 0. The van der Waals surface area contributed by atoms with E-state index in [2.05, 4.69) is 5.92 Å². The lowest BCUT2D eigenvalue weighted by Gasteiger charge is -2.47. The maximum absolute atomic E-state index is 10.8. The third-order valence-electron chi connectivity index (χ3n) is 6.09. The Kier molecular flexibility index (Phi) is 6.23. The zero-order valence-electron chi connectivity index (χ0n) is 17.4. The molecule has 0 spiro atoms. The maximum atomic E-state index is 10.8. The van der Waals surface area contributed by atoms with Crippen LogP contribution in [0.2, 0.25) is 5.02 Å². The second kappa shape index (κ2) is 8.65. The highest BCUT2D eigenvalue weighted by atomic mass is 35.5. The van der Waals surface area contributed by atoms with E-state index in [1.165, 1.54) is 0 Å². The summed E-state index contributed by atoms with van der Waals surface area (Å²) in [5.41, 5.74) is 0.322. The standard InChI is InChI=1S/C24H25ClO7/c1-3-19(26)23-13-31-24(32-23,22(29)20(27)21(23)28)16-7-10-18(25)15(12-16)11-14-5-8-17(9-6-14)30-4-2/h1,5-10,12,19-22,26-29H,4,11,13H2,2H3/t19?,20-,21-,22+,23-,24-/m0/s1. The fraction of sp³-hybridized carbons (Fsp3) is 0.417. The Balaban J connectivity index is 1.69. The fourth-order valence-electron chi connectivity index (χ4n) is 4.31. The number of halogens is 1. The summed E-state index contributed by atoms with van der Waals surface area (Å²) in [6.07, 6.45) is -0.653. The molecule has 4 rings (SSSR count). The molecule has 2 aliphatic heterocycles. The van der Waals surface area contributed by atoms with Crippen molar-refractivity contribution in [1.29, 1.82) is 0 Å². The Morgan fingerprint density at radius 1 is 1.19 bits per heavy atom. The molecule has 0 amide bonds. The van der Waals surface area contributed by atoms with Gasteiger partial charge in [-0.3, -0.25) is 0 Å². The molecule has 32 heavy (non-hydrogen) atoms. The minimum absolute atomic E-state index is 0.315. The van der Waals surface area contributed by atoms with Crippen molar-refractivity contribution in [2.24, 2.45) is 0 Å². The summed E-state index contributed by atoms with van der Waals surface area (Å²) in [6, 6.07) is 12.6. The molecule has 1 unspecified atom stereocenters. The summed E-state index contributed by atoms with van der Waals surface area (Å²) in [5, 5.41) is 42.6. The van der Waals surface area contributed by atoms with Gasteiger partial charge in [0.2, 0.25) is 5.79 Å². The molecule has 0 saturated carbocycles. The number of rotatable bonds is 6. The Bertz CT molecular complexity index is 1020. The van der Waals surface area contributed by atoms with Gasteiger partial charge in [0, 0.05) is 10.6 Å². The summed E-state index contributed by atoms with van der Waals surface area (Å²) in [6.45, 7) is 2.18. The van der Waals surface area contributed by atoms with E-state index >= 15 is 0 Å². The number of terminal acetylenes is 1. The molecule has 6 atom stereocenters. The first-order chi connectivity index (χ1) is 15.3.